The standard InChI is InChI=1S/C8H12O4/c1-4-12-7(9)5-6(2)8(10)11-3/h2,4-5H2,1,3H3. The number of carbonyl (C=O) groups is 2. The smallest absolute Gasteiger partial charge is 0.333 e. The number of ether oxygens (including phenoxy) is 2. The van der Waals surface area contributed by atoms with Gasteiger partial charge in [-0.05, 0) is 6.92 Å². The van der Waals surface area contributed by atoms with E-state index >= 15 is 0 Å². The Balaban J connectivity index is 3.84. The van der Waals surface area contributed by atoms with Crippen molar-refractivity contribution in [1.29, 1.82) is 0 Å². The summed E-state index contributed by atoms with van der Waals surface area (Å²) in [5.41, 5.74) is 0.107. The second kappa shape index (κ2) is 5.35. The molecule has 4 heteroatoms. The normalized spacial score (nSPS) is 8.83. The lowest BCUT2D eigenvalue weighted by molar-refractivity contribution is -0.145. The Morgan fingerprint density at radius 3 is 2.42 bits per heavy atom. The highest BCUT2D eigenvalue weighted by molar-refractivity contribution is 5.93. The number of esters is 2. The maximum atomic E-state index is 10.8. The van der Waals surface area contributed by atoms with Crippen LogP contribution in [-0.4, -0.2) is 25.7 Å². The lowest BCUT2D eigenvalue weighted by Gasteiger charge is -2.02. The molecule has 0 aliphatic rings. The van der Waals surface area contributed by atoms with Gasteiger partial charge in [-0.3, -0.25) is 4.79 Å². The Labute approximate surface area is 71.2 Å². The zero-order valence-corrected chi connectivity index (χ0v) is 7.25. The molecule has 0 aromatic rings. The van der Waals surface area contributed by atoms with Gasteiger partial charge in [-0.25, -0.2) is 4.79 Å². The largest absolute Gasteiger partial charge is 0.466 e. The predicted molar refractivity (Wildman–Crippen MR) is 42.4 cm³/mol. The summed E-state index contributed by atoms with van der Waals surface area (Å²) in [6.07, 6.45) is -0.111. The van der Waals surface area contributed by atoms with Crippen LogP contribution in [0.2, 0.25) is 0 Å². The van der Waals surface area contributed by atoms with Crippen molar-refractivity contribution in [2.24, 2.45) is 0 Å². The van der Waals surface area contributed by atoms with E-state index in [1.165, 1.54) is 7.11 Å². The van der Waals surface area contributed by atoms with Gasteiger partial charge in [0.2, 0.25) is 0 Å². The summed E-state index contributed by atoms with van der Waals surface area (Å²) in [6.45, 7) is 5.36. The van der Waals surface area contributed by atoms with Gasteiger partial charge in [0.05, 0.1) is 20.1 Å². The van der Waals surface area contributed by atoms with Crippen LogP contribution >= 0.6 is 0 Å². The van der Waals surface area contributed by atoms with Gasteiger partial charge in [0.25, 0.3) is 0 Å². The van der Waals surface area contributed by atoms with Crippen LogP contribution < -0.4 is 0 Å². The predicted octanol–water partition coefficient (Wildman–Crippen LogP) is 0.669. The van der Waals surface area contributed by atoms with Crippen LogP contribution in [0.3, 0.4) is 0 Å². The van der Waals surface area contributed by atoms with E-state index in [1.54, 1.807) is 6.92 Å². The molecule has 0 atom stereocenters. The molecule has 68 valence electrons. The molecule has 12 heavy (non-hydrogen) atoms. The highest BCUT2D eigenvalue weighted by Crippen LogP contribution is 2.01. The quantitative estimate of drug-likeness (QED) is 0.462. The first-order valence-corrected chi connectivity index (χ1v) is 3.53. The van der Waals surface area contributed by atoms with Gasteiger partial charge in [0.15, 0.2) is 0 Å². The highest BCUT2D eigenvalue weighted by atomic mass is 16.5. The summed E-state index contributed by atoms with van der Waals surface area (Å²) in [4.78, 5) is 21.5. The van der Waals surface area contributed by atoms with Gasteiger partial charge in [-0.1, -0.05) is 6.58 Å². The number of carbonyl (C=O) groups excluding carboxylic acids is 2. The summed E-state index contributed by atoms with van der Waals surface area (Å²) >= 11 is 0. The third kappa shape index (κ3) is 3.75. The average molecular weight is 172 g/mol. The zero-order valence-electron chi connectivity index (χ0n) is 7.25. The average Bonchev–Trinajstić information content (AvgIpc) is 2.03. The molecule has 0 saturated carbocycles. The molecule has 0 bridgehead atoms. The first kappa shape index (κ1) is 10.7. The summed E-state index contributed by atoms with van der Waals surface area (Å²) < 4.78 is 8.94. The summed E-state index contributed by atoms with van der Waals surface area (Å²) in [5, 5.41) is 0. The molecule has 0 unspecified atom stereocenters. The number of methoxy groups -OCH3 is 1. The van der Waals surface area contributed by atoms with Gasteiger partial charge in [0.1, 0.15) is 0 Å². The second-order valence-electron chi connectivity index (χ2n) is 2.08. The molecule has 0 radical (unpaired) electrons. The molecule has 0 aliphatic heterocycles. The fourth-order valence-electron chi connectivity index (χ4n) is 0.603. The third-order valence-corrected chi connectivity index (χ3v) is 1.14. The molecule has 0 saturated heterocycles. The number of hydrogen-bond donors (Lipinski definition) is 0. The van der Waals surface area contributed by atoms with Gasteiger partial charge in [0, 0.05) is 5.57 Å². The minimum absolute atomic E-state index is 0.107. The zero-order chi connectivity index (χ0) is 9.56. The van der Waals surface area contributed by atoms with Crippen LogP contribution in [0.1, 0.15) is 13.3 Å². The van der Waals surface area contributed by atoms with E-state index in [4.69, 9.17) is 0 Å². The molecular formula is C8H12O4. The Kier molecular flexibility index (Phi) is 4.76. The fraction of sp³-hybridized carbons (Fsp3) is 0.500. The van der Waals surface area contributed by atoms with E-state index in [0.29, 0.717) is 6.61 Å². The molecule has 0 aromatic carbocycles. The van der Waals surface area contributed by atoms with E-state index < -0.39 is 11.9 Å². The van der Waals surface area contributed by atoms with Crippen molar-refractivity contribution in [2.75, 3.05) is 13.7 Å². The monoisotopic (exact) mass is 172 g/mol. The number of hydrogen-bond acceptors (Lipinski definition) is 4. The minimum atomic E-state index is -0.581. The van der Waals surface area contributed by atoms with Crippen LogP contribution in [0.25, 0.3) is 0 Å². The van der Waals surface area contributed by atoms with Crippen molar-refractivity contribution in [3.63, 3.8) is 0 Å². The van der Waals surface area contributed by atoms with E-state index in [-0.39, 0.29) is 12.0 Å². The highest BCUT2D eigenvalue weighted by Gasteiger charge is 2.11. The first-order chi connectivity index (χ1) is 5.61. The molecular weight excluding hydrogens is 160 g/mol. The third-order valence-electron chi connectivity index (χ3n) is 1.14. The molecule has 0 amide bonds. The number of rotatable bonds is 4. The lowest BCUT2D eigenvalue weighted by atomic mass is 10.2. The molecule has 0 aromatic heterocycles. The molecule has 0 aliphatic carbocycles. The first-order valence-electron chi connectivity index (χ1n) is 3.53. The summed E-state index contributed by atoms with van der Waals surface area (Å²) in [5.74, 6) is -1.05. The van der Waals surface area contributed by atoms with Gasteiger partial charge in [-0.15, -0.1) is 0 Å². The molecule has 0 rings (SSSR count). The maximum absolute atomic E-state index is 10.8. The van der Waals surface area contributed by atoms with Crippen LogP contribution in [0.15, 0.2) is 12.2 Å². The minimum Gasteiger partial charge on any atom is -0.466 e. The van der Waals surface area contributed by atoms with E-state index in [9.17, 15) is 9.59 Å². The van der Waals surface area contributed by atoms with Crippen LogP contribution in [-0.2, 0) is 19.1 Å². The van der Waals surface area contributed by atoms with Gasteiger partial charge < -0.3 is 9.47 Å². The lowest BCUT2D eigenvalue weighted by Crippen LogP contribution is -2.11. The van der Waals surface area contributed by atoms with Crippen molar-refractivity contribution < 1.29 is 19.1 Å². The van der Waals surface area contributed by atoms with Crippen LogP contribution in [0.4, 0.5) is 0 Å². The van der Waals surface area contributed by atoms with Gasteiger partial charge >= 0.3 is 11.9 Å². The van der Waals surface area contributed by atoms with E-state index in [0.717, 1.165) is 0 Å². The second-order valence-corrected chi connectivity index (χ2v) is 2.08. The summed E-state index contributed by atoms with van der Waals surface area (Å²) in [7, 11) is 1.23. The Morgan fingerprint density at radius 1 is 1.42 bits per heavy atom. The molecule has 0 spiro atoms. The maximum Gasteiger partial charge on any atom is 0.333 e. The fourth-order valence-corrected chi connectivity index (χ4v) is 0.603. The van der Waals surface area contributed by atoms with Crippen molar-refractivity contribution >= 4 is 11.9 Å². The van der Waals surface area contributed by atoms with Crippen molar-refractivity contribution in [3.8, 4) is 0 Å². The topological polar surface area (TPSA) is 52.6 Å². The molecule has 0 heterocycles. The SMILES string of the molecule is C=C(CC(=O)OCC)C(=O)OC. The van der Waals surface area contributed by atoms with E-state index in [2.05, 4.69) is 16.1 Å². The molecule has 4 nitrogen and oxygen atoms in total. The van der Waals surface area contributed by atoms with Crippen molar-refractivity contribution in [2.45, 2.75) is 13.3 Å². The Morgan fingerprint density at radius 2 is 2.00 bits per heavy atom. The Hall–Kier alpha value is -1.32. The molecule has 0 fully saturated rings. The Bertz CT molecular complexity index is 195. The van der Waals surface area contributed by atoms with Crippen LogP contribution in [0.5, 0.6) is 0 Å². The van der Waals surface area contributed by atoms with Crippen molar-refractivity contribution in [3.05, 3.63) is 12.2 Å². The van der Waals surface area contributed by atoms with Crippen molar-refractivity contribution in [1.82, 2.24) is 0 Å². The van der Waals surface area contributed by atoms with Crippen LogP contribution in [0, 0.1) is 0 Å². The van der Waals surface area contributed by atoms with E-state index in [1.807, 2.05) is 0 Å². The summed E-state index contributed by atoms with van der Waals surface area (Å²) in [6, 6.07) is 0. The molecule has 0 N–H and O–H groups in total. The van der Waals surface area contributed by atoms with Gasteiger partial charge in [-0.2, -0.15) is 0 Å².